The van der Waals surface area contributed by atoms with Crippen molar-refractivity contribution >= 4 is 5.69 Å². The molecule has 1 aliphatic rings. The van der Waals surface area contributed by atoms with E-state index in [0.29, 0.717) is 12.0 Å². The lowest BCUT2D eigenvalue weighted by atomic mass is 9.89. The highest BCUT2D eigenvalue weighted by Gasteiger charge is 2.15. The molecule has 0 unspecified atom stereocenters. The maximum atomic E-state index is 5.43. The molecule has 1 N–H and O–H groups in total. The van der Waals surface area contributed by atoms with E-state index in [-0.39, 0.29) is 0 Å². The van der Waals surface area contributed by atoms with Gasteiger partial charge in [-0.05, 0) is 23.5 Å². The highest BCUT2D eigenvalue weighted by atomic mass is 16.5. The number of anilines is 1. The molecule has 15 heavy (non-hydrogen) atoms. The van der Waals surface area contributed by atoms with Gasteiger partial charge in [-0.3, -0.25) is 0 Å². The molecule has 1 aliphatic heterocycles. The predicted molar refractivity (Wildman–Crippen MR) is 61.4 cm³/mol. The number of aromatic nitrogens is 1. The fourth-order valence-corrected chi connectivity index (χ4v) is 1.78. The van der Waals surface area contributed by atoms with E-state index >= 15 is 0 Å². The Kier molecular flexibility index (Phi) is 2.55. The maximum absolute atomic E-state index is 5.43. The molecule has 1 aromatic heterocycles. The van der Waals surface area contributed by atoms with Crippen LogP contribution in [0.15, 0.2) is 12.3 Å². The van der Waals surface area contributed by atoms with Crippen LogP contribution in [0.4, 0.5) is 5.69 Å². The van der Waals surface area contributed by atoms with Gasteiger partial charge in [-0.25, -0.2) is 4.98 Å². The number of hydrogen-bond donors (Lipinski definition) is 1. The third kappa shape index (κ3) is 2.61. The summed E-state index contributed by atoms with van der Waals surface area (Å²) in [5.41, 5.74) is 2.59. The van der Waals surface area contributed by atoms with E-state index < -0.39 is 0 Å². The first kappa shape index (κ1) is 10.3. The smallest absolute Gasteiger partial charge is 0.237 e. The van der Waals surface area contributed by atoms with Gasteiger partial charge >= 0.3 is 0 Å². The first-order valence-electron chi connectivity index (χ1n) is 5.40. The molecule has 0 saturated heterocycles. The highest BCUT2D eigenvalue weighted by molar-refractivity contribution is 5.55. The average molecular weight is 206 g/mol. The summed E-state index contributed by atoms with van der Waals surface area (Å²) in [6, 6.07) is 2.15. The standard InChI is InChI=1S/C12H18N2O/c1-12(2,3)7-9-6-10-11(14-8-9)15-5-4-13-10/h6,8,13H,4-5,7H2,1-3H3. The van der Waals surface area contributed by atoms with Gasteiger partial charge < -0.3 is 10.1 Å². The SMILES string of the molecule is CC(C)(C)Cc1cnc2c(c1)NCCO2. The molecule has 0 aliphatic carbocycles. The van der Waals surface area contributed by atoms with Crippen LogP contribution < -0.4 is 10.1 Å². The van der Waals surface area contributed by atoms with Crippen LogP contribution in [0.3, 0.4) is 0 Å². The Hall–Kier alpha value is -1.25. The molecule has 82 valence electrons. The Morgan fingerprint density at radius 2 is 2.27 bits per heavy atom. The Morgan fingerprint density at radius 3 is 3.00 bits per heavy atom. The minimum absolute atomic E-state index is 0.297. The van der Waals surface area contributed by atoms with Crippen LogP contribution in [0, 0.1) is 5.41 Å². The van der Waals surface area contributed by atoms with Gasteiger partial charge in [0.05, 0.1) is 5.69 Å². The summed E-state index contributed by atoms with van der Waals surface area (Å²) in [5.74, 6) is 0.735. The molecule has 0 aromatic carbocycles. The monoisotopic (exact) mass is 206 g/mol. The van der Waals surface area contributed by atoms with Gasteiger partial charge in [-0.2, -0.15) is 0 Å². The van der Waals surface area contributed by atoms with Gasteiger partial charge in [0.2, 0.25) is 5.88 Å². The van der Waals surface area contributed by atoms with Crippen LogP contribution in [-0.4, -0.2) is 18.1 Å². The lowest BCUT2D eigenvalue weighted by Crippen LogP contribution is -2.19. The Bertz CT molecular complexity index is 355. The number of rotatable bonds is 1. The number of nitrogens with zero attached hydrogens (tertiary/aromatic N) is 1. The largest absolute Gasteiger partial charge is 0.474 e. The highest BCUT2D eigenvalue weighted by Crippen LogP contribution is 2.28. The predicted octanol–water partition coefficient (Wildman–Crippen LogP) is 2.47. The average Bonchev–Trinajstić information content (AvgIpc) is 2.15. The summed E-state index contributed by atoms with van der Waals surface area (Å²) < 4.78 is 5.43. The van der Waals surface area contributed by atoms with Gasteiger partial charge in [-0.1, -0.05) is 20.8 Å². The number of nitrogens with one attached hydrogen (secondary N) is 1. The van der Waals surface area contributed by atoms with Crippen molar-refractivity contribution in [2.45, 2.75) is 27.2 Å². The molecule has 0 spiro atoms. The quantitative estimate of drug-likeness (QED) is 0.766. The molecule has 2 heterocycles. The molecule has 0 amide bonds. The van der Waals surface area contributed by atoms with Crippen LogP contribution in [0.25, 0.3) is 0 Å². The van der Waals surface area contributed by atoms with Crippen molar-refractivity contribution in [3.8, 4) is 5.88 Å². The van der Waals surface area contributed by atoms with E-state index in [1.165, 1.54) is 5.56 Å². The molecule has 0 radical (unpaired) electrons. The molecule has 3 heteroatoms. The van der Waals surface area contributed by atoms with Crippen molar-refractivity contribution in [2.24, 2.45) is 5.41 Å². The first-order valence-corrected chi connectivity index (χ1v) is 5.40. The van der Waals surface area contributed by atoms with Crippen LogP contribution in [-0.2, 0) is 6.42 Å². The zero-order valence-corrected chi connectivity index (χ0v) is 9.63. The van der Waals surface area contributed by atoms with Crippen molar-refractivity contribution in [1.82, 2.24) is 4.98 Å². The van der Waals surface area contributed by atoms with Gasteiger partial charge in [-0.15, -0.1) is 0 Å². The first-order chi connectivity index (χ1) is 7.04. The molecule has 0 bridgehead atoms. The lowest BCUT2D eigenvalue weighted by Gasteiger charge is -2.21. The van der Waals surface area contributed by atoms with E-state index in [4.69, 9.17) is 4.74 Å². The van der Waals surface area contributed by atoms with Gasteiger partial charge in [0.1, 0.15) is 6.61 Å². The molecule has 2 rings (SSSR count). The fourth-order valence-electron chi connectivity index (χ4n) is 1.78. The summed E-state index contributed by atoms with van der Waals surface area (Å²) in [5, 5.41) is 3.30. The number of fused-ring (bicyclic) bond motifs is 1. The minimum Gasteiger partial charge on any atom is -0.474 e. The van der Waals surface area contributed by atoms with Crippen LogP contribution >= 0.6 is 0 Å². The number of hydrogen-bond acceptors (Lipinski definition) is 3. The van der Waals surface area contributed by atoms with Crippen molar-refractivity contribution in [3.05, 3.63) is 17.8 Å². The maximum Gasteiger partial charge on any atom is 0.237 e. The Labute approximate surface area is 90.9 Å². The van der Waals surface area contributed by atoms with Gasteiger partial charge in [0, 0.05) is 12.7 Å². The minimum atomic E-state index is 0.297. The number of ether oxygens (including phenoxy) is 1. The van der Waals surface area contributed by atoms with E-state index in [0.717, 1.165) is 24.5 Å². The Balaban J connectivity index is 2.21. The molecular formula is C12H18N2O. The Morgan fingerprint density at radius 1 is 1.47 bits per heavy atom. The van der Waals surface area contributed by atoms with Crippen LogP contribution in [0.1, 0.15) is 26.3 Å². The summed E-state index contributed by atoms with van der Waals surface area (Å²) in [4.78, 5) is 4.32. The van der Waals surface area contributed by atoms with Crippen molar-refractivity contribution < 1.29 is 4.74 Å². The molecule has 0 fully saturated rings. The third-order valence-electron chi connectivity index (χ3n) is 2.30. The van der Waals surface area contributed by atoms with E-state index in [1.54, 1.807) is 0 Å². The normalized spacial score (nSPS) is 15.1. The number of pyridine rings is 1. The third-order valence-corrected chi connectivity index (χ3v) is 2.30. The van der Waals surface area contributed by atoms with Crippen LogP contribution in [0.5, 0.6) is 5.88 Å². The molecule has 0 saturated carbocycles. The van der Waals surface area contributed by atoms with Gasteiger partial charge in [0.25, 0.3) is 0 Å². The van der Waals surface area contributed by atoms with Crippen molar-refractivity contribution in [1.29, 1.82) is 0 Å². The van der Waals surface area contributed by atoms with Crippen molar-refractivity contribution in [2.75, 3.05) is 18.5 Å². The molecule has 1 aromatic rings. The van der Waals surface area contributed by atoms with Crippen molar-refractivity contribution in [3.63, 3.8) is 0 Å². The fraction of sp³-hybridized carbons (Fsp3) is 0.583. The molecule has 0 atom stereocenters. The lowest BCUT2D eigenvalue weighted by molar-refractivity contribution is 0.309. The zero-order chi connectivity index (χ0) is 10.9. The molecule has 3 nitrogen and oxygen atoms in total. The van der Waals surface area contributed by atoms with E-state index in [2.05, 4.69) is 37.1 Å². The summed E-state index contributed by atoms with van der Waals surface area (Å²) in [7, 11) is 0. The second kappa shape index (κ2) is 3.72. The molecular weight excluding hydrogens is 188 g/mol. The summed E-state index contributed by atoms with van der Waals surface area (Å²) in [6.45, 7) is 8.27. The topological polar surface area (TPSA) is 34.2 Å². The summed E-state index contributed by atoms with van der Waals surface area (Å²) in [6.07, 6.45) is 2.95. The second-order valence-electron chi connectivity index (χ2n) is 5.21. The summed E-state index contributed by atoms with van der Waals surface area (Å²) >= 11 is 0. The van der Waals surface area contributed by atoms with Gasteiger partial charge in [0.15, 0.2) is 0 Å². The van der Waals surface area contributed by atoms with E-state index in [1.807, 2.05) is 6.20 Å². The van der Waals surface area contributed by atoms with Crippen LogP contribution in [0.2, 0.25) is 0 Å². The van der Waals surface area contributed by atoms with E-state index in [9.17, 15) is 0 Å². The zero-order valence-electron chi connectivity index (χ0n) is 9.63. The second-order valence-corrected chi connectivity index (χ2v) is 5.21.